The molecule has 0 unspecified atom stereocenters. The number of ether oxygens (including phenoxy) is 3. The highest BCUT2D eigenvalue weighted by Crippen LogP contribution is 2.24. The van der Waals surface area contributed by atoms with Gasteiger partial charge in [-0.15, -0.1) is 0 Å². The van der Waals surface area contributed by atoms with Crippen molar-refractivity contribution >= 4 is 11.7 Å². The van der Waals surface area contributed by atoms with E-state index in [0.717, 1.165) is 6.07 Å². The van der Waals surface area contributed by atoms with Gasteiger partial charge in [-0.3, -0.25) is 0 Å². The number of esters is 1. The summed E-state index contributed by atoms with van der Waals surface area (Å²) in [4.78, 5) is 11.4. The maximum Gasteiger partial charge on any atom is 0.340 e. The van der Waals surface area contributed by atoms with E-state index in [2.05, 4.69) is 4.74 Å². The SMILES string of the molecule is COC(=O)c1cc(OCCOCC(C)C)c(F)cc1N. The van der Waals surface area contributed by atoms with Crippen LogP contribution in [0.3, 0.4) is 0 Å². The average molecular weight is 285 g/mol. The summed E-state index contributed by atoms with van der Waals surface area (Å²) in [6.07, 6.45) is 0. The molecule has 0 saturated carbocycles. The number of rotatable bonds is 7. The van der Waals surface area contributed by atoms with Crippen LogP contribution in [0.1, 0.15) is 24.2 Å². The van der Waals surface area contributed by atoms with Crippen LogP contribution in [0.2, 0.25) is 0 Å². The summed E-state index contributed by atoms with van der Waals surface area (Å²) in [5, 5.41) is 0. The highest BCUT2D eigenvalue weighted by Gasteiger charge is 2.15. The number of nitrogens with two attached hydrogens (primary N) is 1. The molecular weight excluding hydrogens is 265 g/mol. The van der Waals surface area contributed by atoms with Crippen LogP contribution in [0.4, 0.5) is 10.1 Å². The molecule has 0 aliphatic rings. The monoisotopic (exact) mass is 285 g/mol. The molecule has 0 bridgehead atoms. The van der Waals surface area contributed by atoms with E-state index >= 15 is 0 Å². The Bertz CT molecular complexity index is 463. The first-order valence-electron chi connectivity index (χ1n) is 6.33. The molecule has 0 aromatic heterocycles. The topological polar surface area (TPSA) is 70.8 Å². The fourth-order valence-electron chi connectivity index (χ4n) is 1.50. The number of benzene rings is 1. The van der Waals surface area contributed by atoms with Crippen LogP contribution in [-0.2, 0) is 9.47 Å². The average Bonchev–Trinajstić information content (AvgIpc) is 2.39. The second-order valence-corrected chi connectivity index (χ2v) is 4.68. The van der Waals surface area contributed by atoms with Gasteiger partial charge in [0.1, 0.15) is 6.61 Å². The van der Waals surface area contributed by atoms with Gasteiger partial charge in [-0.25, -0.2) is 9.18 Å². The molecule has 112 valence electrons. The lowest BCUT2D eigenvalue weighted by atomic mass is 10.1. The van der Waals surface area contributed by atoms with Gasteiger partial charge >= 0.3 is 5.97 Å². The van der Waals surface area contributed by atoms with Crippen LogP contribution in [-0.4, -0.2) is 32.9 Å². The molecule has 1 aromatic carbocycles. The number of hydrogen-bond acceptors (Lipinski definition) is 5. The van der Waals surface area contributed by atoms with Crippen LogP contribution in [0.25, 0.3) is 0 Å². The molecule has 0 spiro atoms. The van der Waals surface area contributed by atoms with Crippen LogP contribution >= 0.6 is 0 Å². The molecule has 5 nitrogen and oxygen atoms in total. The fourth-order valence-corrected chi connectivity index (χ4v) is 1.50. The van der Waals surface area contributed by atoms with Crippen LogP contribution in [0, 0.1) is 11.7 Å². The predicted molar refractivity (Wildman–Crippen MR) is 73.3 cm³/mol. The Hall–Kier alpha value is -1.82. The molecule has 0 amide bonds. The van der Waals surface area contributed by atoms with Gasteiger partial charge in [-0.05, 0) is 12.0 Å². The normalized spacial score (nSPS) is 10.7. The van der Waals surface area contributed by atoms with E-state index in [-0.39, 0.29) is 23.6 Å². The van der Waals surface area contributed by atoms with E-state index < -0.39 is 11.8 Å². The summed E-state index contributed by atoms with van der Waals surface area (Å²) in [7, 11) is 1.23. The van der Waals surface area contributed by atoms with Gasteiger partial charge in [0, 0.05) is 18.4 Å². The molecule has 0 radical (unpaired) electrons. The molecule has 0 saturated heterocycles. The second-order valence-electron chi connectivity index (χ2n) is 4.68. The van der Waals surface area contributed by atoms with Crippen LogP contribution < -0.4 is 10.5 Å². The van der Waals surface area contributed by atoms with Crippen molar-refractivity contribution in [3.05, 3.63) is 23.5 Å². The van der Waals surface area contributed by atoms with Crippen molar-refractivity contribution in [1.82, 2.24) is 0 Å². The van der Waals surface area contributed by atoms with Gasteiger partial charge in [-0.1, -0.05) is 13.8 Å². The Morgan fingerprint density at radius 1 is 1.35 bits per heavy atom. The Labute approximate surface area is 117 Å². The van der Waals surface area contributed by atoms with Gasteiger partial charge in [0.05, 0.1) is 19.3 Å². The quantitative estimate of drug-likeness (QED) is 0.472. The number of nitrogen functional groups attached to an aromatic ring is 1. The Morgan fingerprint density at radius 3 is 2.65 bits per heavy atom. The standard InChI is InChI=1S/C14H20FNO4/c1-9(2)8-19-4-5-20-13-6-10(14(17)18-3)12(16)7-11(13)15/h6-7,9H,4-5,8,16H2,1-3H3. The Morgan fingerprint density at radius 2 is 2.05 bits per heavy atom. The third-order valence-corrected chi connectivity index (χ3v) is 2.45. The molecule has 6 heteroatoms. The molecular formula is C14H20FNO4. The first kappa shape index (κ1) is 16.2. The minimum absolute atomic E-state index is 0.0118. The Kier molecular flexibility index (Phi) is 6.24. The highest BCUT2D eigenvalue weighted by molar-refractivity contribution is 5.95. The molecule has 0 fully saturated rings. The lowest BCUT2D eigenvalue weighted by Crippen LogP contribution is -2.12. The summed E-state index contributed by atoms with van der Waals surface area (Å²) < 4.78 is 28.8. The van der Waals surface area contributed by atoms with Gasteiger partial charge in [0.15, 0.2) is 11.6 Å². The van der Waals surface area contributed by atoms with E-state index in [0.29, 0.717) is 19.1 Å². The lowest BCUT2D eigenvalue weighted by molar-refractivity contribution is 0.0600. The number of hydrogen-bond donors (Lipinski definition) is 1. The molecule has 0 aliphatic carbocycles. The predicted octanol–water partition coefficient (Wildman–Crippen LogP) is 2.25. The minimum Gasteiger partial charge on any atom is -0.488 e. The zero-order valence-corrected chi connectivity index (χ0v) is 11.9. The van der Waals surface area contributed by atoms with E-state index in [1.807, 2.05) is 13.8 Å². The largest absolute Gasteiger partial charge is 0.488 e. The summed E-state index contributed by atoms with van der Waals surface area (Å²) in [5.74, 6) is -0.885. The summed E-state index contributed by atoms with van der Waals surface area (Å²) in [5.41, 5.74) is 5.64. The summed E-state index contributed by atoms with van der Waals surface area (Å²) >= 11 is 0. The molecule has 2 N–H and O–H groups in total. The number of halogens is 1. The van der Waals surface area contributed by atoms with Gasteiger partial charge in [-0.2, -0.15) is 0 Å². The van der Waals surface area contributed by atoms with E-state index in [9.17, 15) is 9.18 Å². The highest BCUT2D eigenvalue weighted by atomic mass is 19.1. The van der Waals surface area contributed by atoms with Crippen molar-refractivity contribution in [2.45, 2.75) is 13.8 Å². The van der Waals surface area contributed by atoms with Crippen molar-refractivity contribution in [2.24, 2.45) is 5.92 Å². The Balaban J connectivity index is 2.63. The second kappa shape index (κ2) is 7.69. The van der Waals surface area contributed by atoms with E-state index in [1.54, 1.807) is 0 Å². The van der Waals surface area contributed by atoms with Gasteiger partial charge < -0.3 is 19.9 Å². The number of carbonyl (C=O) groups is 1. The molecule has 0 aliphatic heterocycles. The molecule has 0 heterocycles. The maximum absolute atomic E-state index is 13.6. The zero-order chi connectivity index (χ0) is 15.1. The molecule has 20 heavy (non-hydrogen) atoms. The molecule has 1 aromatic rings. The summed E-state index contributed by atoms with van der Waals surface area (Å²) in [6.45, 7) is 5.21. The fraction of sp³-hybridized carbons (Fsp3) is 0.500. The van der Waals surface area contributed by atoms with Crippen LogP contribution in [0.15, 0.2) is 12.1 Å². The molecule has 0 atom stereocenters. The first-order valence-corrected chi connectivity index (χ1v) is 6.33. The smallest absolute Gasteiger partial charge is 0.340 e. The zero-order valence-electron chi connectivity index (χ0n) is 11.9. The van der Waals surface area contributed by atoms with Crippen molar-refractivity contribution in [2.75, 3.05) is 32.7 Å². The number of carbonyl (C=O) groups excluding carboxylic acids is 1. The third-order valence-electron chi connectivity index (χ3n) is 2.45. The molecule has 1 rings (SSSR count). The third kappa shape index (κ3) is 4.70. The summed E-state index contributed by atoms with van der Waals surface area (Å²) in [6, 6.07) is 2.27. The van der Waals surface area contributed by atoms with Crippen LogP contribution in [0.5, 0.6) is 5.75 Å². The van der Waals surface area contributed by atoms with Gasteiger partial charge in [0.2, 0.25) is 0 Å². The first-order chi connectivity index (χ1) is 9.45. The van der Waals surface area contributed by atoms with E-state index in [1.165, 1.54) is 13.2 Å². The minimum atomic E-state index is -0.636. The number of methoxy groups -OCH3 is 1. The van der Waals surface area contributed by atoms with Crippen molar-refractivity contribution in [3.8, 4) is 5.75 Å². The van der Waals surface area contributed by atoms with Gasteiger partial charge in [0.25, 0.3) is 0 Å². The van der Waals surface area contributed by atoms with Crippen molar-refractivity contribution in [1.29, 1.82) is 0 Å². The number of anilines is 1. The van der Waals surface area contributed by atoms with Crippen molar-refractivity contribution < 1.29 is 23.4 Å². The maximum atomic E-state index is 13.6. The van der Waals surface area contributed by atoms with Crippen molar-refractivity contribution in [3.63, 3.8) is 0 Å². The van der Waals surface area contributed by atoms with E-state index in [4.69, 9.17) is 15.2 Å². The lowest BCUT2D eigenvalue weighted by Gasteiger charge is -2.11.